The molecule has 1 aliphatic carbocycles. The van der Waals surface area contributed by atoms with Crippen molar-refractivity contribution in [2.45, 2.75) is 52.1 Å². The van der Waals surface area contributed by atoms with Gasteiger partial charge in [0.2, 0.25) is 0 Å². The van der Waals surface area contributed by atoms with Gasteiger partial charge in [0.05, 0.1) is 0 Å². The van der Waals surface area contributed by atoms with E-state index in [0.29, 0.717) is 12.1 Å². The Morgan fingerprint density at radius 3 is 2.83 bits per heavy atom. The van der Waals surface area contributed by atoms with E-state index in [0.717, 1.165) is 6.42 Å². The first-order chi connectivity index (χ1) is 8.54. The lowest BCUT2D eigenvalue weighted by molar-refractivity contribution is 0.183. The van der Waals surface area contributed by atoms with Crippen LogP contribution in [0.5, 0.6) is 0 Å². The van der Waals surface area contributed by atoms with Crippen molar-refractivity contribution in [3.63, 3.8) is 0 Å². The summed E-state index contributed by atoms with van der Waals surface area (Å²) < 4.78 is 0. The zero-order chi connectivity index (χ0) is 13.2. The maximum absolute atomic E-state index is 9.05. The Hall–Kier alpha value is -0.860. The predicted octanol–water partition coefficient (Wildman–Crippen LogP) is 3.06. The van der Waals surface area contributed by atoms with Crippen LogP contribution in [0.15, 0.2) is 24.3 Å². The summed E-state index contributed by atoms with van der Waals surface area (Å²) in [6, 6.07) is 9.50. The molecule has 2 heteroatoms. The molecular formula is C16H25NO. The summed E-state index contributed by atoms with van der Waals surface area (Å²) in [5.74, 6) is 0. The third-order valence-electron chi connectivity index (χ3n) is 4.20. The third kappa shape index (κ3) is 2.76. The first-order valence-corrected chi connectivity index (χ1v) is 6.99. The van der Waals surface area contributed by atoms with Crippen molar-refractivity contribution in [3.05, 3.63) is 35.4 Å². The highest BCUT2D eigenvalue weighted by Gasteiger charge is 2.35. The standard InChI is InChI=1S/C16H25NO/c1-12(9-11-18)17-15-14-7-5-4-6-13(14)8-10-16(15,2)3/h4-7,12,15,17-18H,8-11H2,1-3H3. The van der Waals surface area contributed by atoms with Gasteiger partial charge in [0.15, 0.2) is 0 Å². The topological polar surface area (TPSA) is 32.3 Å². The van der Waals surface area contributed by atoms with Crippen LogP contribution in [0.4, 0.5) is 0 Å². The van der Waals surface area contributed by atoms with Crippen molar-refractivity contribution in [1.29, 1.82) is 0 Å². The van der Waals surface area contributed by atoms with Gasteiger partial charge >= 0.3 is 0 Å². The fraction of sp³-hybridized carbons (Fsp3) is 0.625. The van der Waals surface area contributed by atoms with Gasteiger partial charge in [0, 0.05) is 18.7 Å². The number of fused-ring (bicyclic) bond motifs is 1. The number of hydrogen-bond acceptors (Lipinski definition) is 2. The van der Waals surface area contributed by atoms with Gasteiger partial charge in [-0.05, 0) is 42.7 Å². The molecule has 0 spiro atoms. The summed E-state index contributed by atoms with van der Waals surface area (Å²) in [4.78, 5) is 0. The van der Waals surface area contributed by atoms with Crippen molar-refractivity contribution in [2.24, 2.45) is 5.41 Å². The van der Waals surface area contributed by atoms with Gasteiger partial charge in [-0.3, -0.25) is 0 Å². The molecule has 2 N–H and O–H groups in total. The van der Waals surface area contributed by atoms with Crippen molar-refractivity contribution in [1.82, 2.24) is 5.32 Å². The molecule has 2 atom stereocenters. The SMILES string of the molecule is CC(CCO)NC1c2ccccc2CCC1(C)C. The summed E-state index contributed by atoms with van der Waals surface area (Å²) in [5.41, 5.74) is 3.20. The molecule has 0 saturated heterocycles. The molecule has 0 bridgehead atoms. The van der Waals surface area contributed by atoms with E-state index in [1.807, 2.05) is 0 Å². The molecule has 0 radical (unpaired) electrons. The summed E-state index contributed by atoms with van der Waals surface area (Å²) >= 11 is 0. The zero-order valence-corrected chi connectivity index (χ0v) is 11.7. The van der Waals surface area contributed by atoms with Crippen LogP contribution >= 0.6 is 0 Å². The molecule has 0 aromatic heterocycles. The Morgan fingerprint density at radius 2 is 2.11 bits per heavy atom. The minimum atomic E-state index is 0.253. The molecular weight excluding hydrogens is 222 g/mol. The van der Waals surface area contributed by atoms with E-state index in [-0.39, 0.29) is 12.0 Å². The molecule has 18 heavy (non-hydrogen) atoms. The normalized spacial score (nSPS) is 23.4. The first kappa shape index (κ1) is 13.6. The molecule has 0 aliphatic heterocycles. The van der Waals surface area contributed by atoms with Crippen LogP contribution in [0.3, 0.4) is 0 Å². The lowest BCUT2D eigenvalue weighted by Gasteiger charge is -2.42. The van der Waals surface area contributed by atoms with Gasteiger partial charge in [-0.1, -0.05) is 38.1 Å². The average Bonchev–Trinajstić information content (AvgIpc) is 2.33. The Labute approximate surface area is 110 Å². The zero-order valence-electron chi connectivity index (χ0n) is 11.7. The molecule has 2 rings (SSSR count). The number of aliphatic hydroxyl groups excluding tert-OH is 1. The third-order valence-corrected chi connectivity index (χ3v) is 4.20. The quantitative estimate of drug-likeness (QED) is 0.857. The summed E-state index contributed by atoms with van der Waals surface area (Å²) in [6.45, 7) is 7.09. The van der Waals surface area contributed by atoms with Crippen LogP contribution in [0.25, 0.3) is 0 Å². The van der Waals surface area contributed by atoms with Gasteiger partial charge in [-0.2, -0.15) is 0 Å². The second-order valence-electron chi connectivity index (χ2n) is 6.20. The van der Waals surface area contributed by atoms with Crippen LogP contribution in [0.1, 0.15) is 50.8 Å². The van der Waals surface area contributed by atoms with E-state index in [4.69, 9.17) is 5.11 Å². The molecule has 1 aromatic rings. The molecule has 100 valence electrons. The summed E-state index contributed by atoms with van der Waals surface area (Å²) in [5, 5.41) is 12.8. The van der Waals surface area contributed by atoms with Crippen LogP contribution in [0.2, 0.25) is 0 Å². The van der Waals surface area contributed by atoms with E-state index >= 15 is 0 Å². The first-order valence-electron chi connectivity index (χ1n) is 6.99. The maximum Gasteiger partial charge on any atom is 0.0445 e. The van der Waals surface area contributed by atoms with Gasteiger partial charge in [0.25, 0.3) is 0 Å². The van der Waals surface area contributed by atoms with E-state index in [2.05, 4.69) is 50.4 Å². The minimum absolute atomic E-state index is 0.253. The van der Waals surface area contributed by atoms with Gasteiger partial charge in [0.1, 0.15) is 0 Å². The van der Waals surface area contributed by atoms with Crippen LogP contribution in [0, 0.1) is 5.41 Å². The molecule has 2 nitrogen and oxygen atoms in total. The molecule has 0 fully saturated rings. The monoisotopic (exact) mass is 247 g/mol. The second kappa shape index (κ2) is 5.41. The number of nitrogens with one attached hydrogen (secondary N) is 1. The smallest absolute Gasteiger partial charge is 0.0445 e. The number of benzene rings is 1. The largest absolute Gasteiger partial charge is 0.396 e. The van der Waals surface area contributed by atoms with Gasteiger partial charge in [-0.25, -0.2) is 0 Å². The summed E-state index contributed by atoms with van der Waals surface area (Å²) in [6.07, 6.45) is 3.21. The number of rotatable bonds is 4. The Bertz CT molecular complexity index is 400. The molecule has 0 saturated carbocycles. The average molecular weight is 247 g/mol. The van der Waals surface area contributed by atoms with Crippen molar-refractivity contribution >= 4 is 0 Å². The number of hydrogen-bond donors (Lipinski definition) is 2. The Morgan fingerprint density at radius 1 is 1.39 bits per heavy atom. The van der Waals surface area contributed by atoms with Gasteiger partial charge in [-0.15, -0.1) is 0 Å². The molecule has 2 unspecified atom stereocenters. The van der Waals surface area contributed by atoms with Crippen molar-refractivity contribution in [3.8, 4) is 0 Å². The number of aliphatic hydroxyl groups is 1. The van der Waals surface area contributed by atoms with Crippen LogP contribution < -0.4 is 5.32 Å². The van der Waals surface area contributed by atoms with Gasteiger partial charge < -0.3 is 10.4 Å². The predicted molar refractivity (Wildman–Crippen MR) is 75.6 cm³/mol. The maximum atomic E-state index is 9.05. The van der Waals surface area contributed by atoms with Crippen molar-refractivity contribution in [2.75, 3.05) is 6.61 Å². The lowest BCUT2D eigenvalue weighted by atomic mass is 9.70. The Kier molecular flexibility index (Phi) is 4.08. The van der Waals surface area contributed by atoms with E-state index in [9.17, 15) is 0 Å². The molecule has 1 aromatic carbocycles. The molecule has 1 aliphatic rings. The highest BCUT2D eigenvalue weighted by Crippen LogP contribution is 2.43. The fourth-order valence-electron chi connectivity index (χ4n) is 2.94. The summed E-state index contributed by atoms with van der Waals surface area (Å²) in [7, 11) is 0. The van der Waals surface area contributed by atoms with E-state index < -0.39 is 0 Å². The van der Waals surface area contributed by atoms with Crippen LogP contribution in [-0.2, 0) is 6.42 Å². The highest BCUT2D eigenvalue weighted by molar-refractivity contribution is 5.34. The fourth-order valence-corrected chi connectivity index (χ4v) is 2.94. The van der Waals surface area contributed by atoms with E-state index in [1.54, 1.807) is 0 Å². The number of aryl methyl sites for hydroxylation is 1. The highest BCUT2D eigenvalue weighted by atomic mass is 16.3. The molecule has 0 heterocycles. The Balaban J connectivity index is 2.24. The van der Waals surface area contributed by atoms with Crippen molar-refractivity contribution < 1.29 is 5.11 Å². The van der Waals surface area contributed by atoms with E-state index in [1.165, 1.54) is 24.0 Å². The molecule has 0 amide bonds. The lowest BCUT2D eigenvalue weighted by Crippen LogP contribution is -2.42. The minimum Gasteiger partial charge on any atom is -0.396 e. The van der Waals surface area contributed by atoms with Crippen LogP contribution in [-0.4, -0.2) is 17.8 Å². The second-order valence-corrected chi connectivity index (χ2v) is 6.20.